The summed E-state index contributed by atoms with van der Waals surface area (Å²) in [5.74, 6) is -0.485. The van der Waals surface area contributed by atoms with Crippen molar-refractivity contribution in [1.29, 1.82) is 0 Å². The molecule has 0 atom stereocenters. The highest BCUT2D eigenvalue weighted by molar-refractivity contribution is 6.30. The van der Waals surface area contributed by atoms with Crippen molar-refractivity contribution in [2.24, 2.45) is 0 Å². The zero-order valence-electron chi connectivity index (χ0n) is 19.6. The van der Waals surface area contributed by atoms with Crippen molar-refractivity contribution in [2.75, 3.05) is 11.9 Å². The maximum atomic E-state index is 13.2. The Morgan fingerprint density at radius 1 is 0.727 bits per heavy atom. The summed E-state index contributed by atoms with van der Waals surface area (Å²) in [6, 6.07) is 15.1. The molecule has 0 saturated carbocycles. The molecule has 0 saturated heterocycles. The predicted molar refractivity (Wildman–Crippen MR) is 128 cm³/mol. The van der Waals surface area contributed by atoms with Gasteiger partial charge in [0.2, 0.25) is 0 Å². The van der Waals surface area contributed by atoms with Gasteiger partial charge in [0.1, 0.15) is 0 Å². The van der Waals surface area contributed by atoms with Crippen molar-refractivity contribution in [3.05, 3.63) is 66.6 Å². The van der Waals surface area contributed by atoms with Gasteiger partial charge in [0.05, 0.1) is 0 Å². The fourth-order valence-corrected chi connectivity index (χ4v) is 4.09. The Labute approximate surface area is 204 Å². The van der Waals surface area contributed by atoms with Gasteiger partial charge in [-0.1, -0.05) is 89.0 Å². The molecular formula is C27H36ClN3O2. The number of nitrogens with zero attached hydrogens (tertiary/aromatic N) is 2. The van der Waals surface area contributed by atoms with Gasteiger partial charge in [0.15, 0.2) is 18.1 Å². The lowest BCUT2D eigenvalue weighted by Gasteiger charge is -2.14. The molecule has 178 valence electrons. The predicted octanol–water partition coefficient (Wildman–Crippen LogP) is 2.55. The molecular weight excluding hydrogens is 434 g/mol. The van der Waals surface area contributed by atoms with E-state index in [1.54, 1.807) is 17.0 Å². The van der Waals surface area contributed by atoms with Crippen molar-refractivity contribution < 1.29 is 26.6 Å². The summed E-state index contributed by atoms with van der Waals surface area (Å²) < 4.78 is 1.73. The minimum absolute atomic E-state index is 0. The van der Waals surface area contributed by atoms with Gasteiger partial charge >= 0.3 is 11.6 Å². The van der Waals surface area contributed by atoms with Crippen LogP contribution in [0.2, 0.25) is 0 Å². The number of pyridine rings is 1. The molecule has 2 heterocycles. The maximum absolute atomic E-state index is 13.2. The topological polar surface area (TPSA) is 53.3 Å². The third kappa shape index (κ3) is 7.71. The minimum atomic E-state index is -0.249. The smallest absolute Gasteiger partial charge is 0.328 e. The third-order valence-corrected chi connectivity index (χ3v) is 5.90. The SMILES string of the molecule is CCCCCCCCCCCCN1C(=O)C(Nc2ccccc2)=C([n+]2ccccc2)C1=O.[Cl-]. The quantitative estimate of drug-likeness (QED) is 0.263. The number of carbonyl (C=O) groups is 2. The number of imide groups is 1. The highest BCUT2D eigenvalue weighted by Gasteiger charge is 2.44. The van der Waals surface area contributed by atoms with Gasteiger partial charge in [-0.25, -0.2) is 0 Å². The Kier molecular flexibility index (Phi) is 11.7. The number of para-hydroxylation sites is 1. The number of carbonyl (C=O) groups excluding carboxylic acids is 2. The van der Waals surface area contributed by atoms with E-state index < -0.39 is 0 Å². The molecule has 1 aromatic heterocycles. The molecule has 1 aromatic carbocycles. The Morgan fingerprint density at radius 2 is 1.27 bits per heavy atom. The van der Waals surface area contributed by atoms with Crippen molar-refractivity contribution in [1.82, 2.24) is 4.90 Å². The van der Waals surface area contributed by atoms with Crippen molar-refractivity contribution in [3.8, 4) is 0 Å². The number of amides is 2. The Morgan fingerprint density at radius 3 is 1.88 bits per heavy atom. The van der Waals surface area contributed by atoms with Crippen LogP contribution in [-0.4, -0.2) is 23.3 Å². The number of rotatable bonds is 14. The van der Waals surface area contributed by atoms with Crippen LogP contribution < -0.4 is 22.3 Å². The number of anilines is 1. The van der Waals surface area contributed by atoms with Crippen molar-refractivity contribution in [3.63, 3.8) is 0 Å². The lowest BCUT2D eigenvalue weighted by molar-refractivity contribution is -0.577. The molecule has 33 heavy (non-hydrogen) atoms. The first kappa shape index (κ1) is 26.6. The lowest BCUT2D eigenvalue weighted by atomic mass is 10.1. The van der Waals surface area contributed by atoms with Crippen LogP contribution in [0.4, 0.5) is 5.69 Å². The van der Waals surface area contributed by atoms with Crippen LogP contribution in [0.25, 0.3) is 5.70 Å². The molecule has 2 amide bonds. The zero-order valence-corrected chi connectivity index (χ0v) is 20.4. The molecule has 0 radical (unpaired) electrons. The fraction of sp³-hybridized carbons (Fsp3) is 0.444. The van der Waals surface area contributed by atoms with Gasteiger partial charge in [-0.2, -0.15) is 4.57 Å². The van der Waals surface area contributed by atoms with E-state index in [-0.39, 0.29) is 24.2 Å². The second-order valence-electron chi connectivity index (χ2n) is 8.44. The van der Waals surface area contributed by atoms with Gasteiger partial charge in [0.25, 0.3) is 5.91 Å². The first-order chi connectivity index (χ1) is 15.7. The third-order valence-electron chi connectivity index (χ3n) is 5.90. The molecule has 6 heteroatoms. The van der Waals surface area contributed by atoms with E-state index in [9.17, 15) is 9.59 Å². The Balaban J connectivity index is 0.00000385. The van der Waals surface area contributed by atoms with Crippen LogP contribution >= 0.6 is 0 Å². The highest BCUT2D eigenvalue weighted by atomic mass is 35.5. The van der Waals surface area contributed by atoms with Crippen LogP contribution in [-0.2, 0) is 9.59 Å². The van der Waals surface area contributed by atoms with E-state index in [1.165, 1.54) is 49.8 Å². The van der Waals surface area contributed by atoms with Gasteiger partial charge < -0.3 is 17.7 Å². The summed E-state index contributed by atoms with van der Waals surface area (Å²) in [5, 5.41) is 3.19. The van der Waals surface area contributed by atoms with Gasteiger partial charge in [-0.3, -0.25) is 14.5 Å². The fourth-order valence-electron chi connectivity index (χ4n) is 4.09. The number of benzene rings is 1. The average molecular weight is 470 g/mol. The molecule has 0 aliphatic carbocycles. The van der Waals surface area contributed by atoms with Gasteiger partial charge in [0, 0.05) is 24.4 Å². The van der Waals surface area contributed by atoms with E-state index in [4.69, 9.17) is 0 Å². The number of halogens is 1. The Bertz CT molecular complexity index is 900. The van der Waals surface area contributed by atoms with Crippen LogP contribution in [0.3, 0.4) is 0 Å². The van der Waals surface area contributed by atoms with Gasteiger partial charge in [-0.15, -0.1) is 0 Å². The van der Waals surface area contributed by atoms with E-state index in [0.29, 0.717) is 17.9 Å². The van der Waals surface area contributed by atoms with Crippen LogP contribution in [0.15, 0.2) is 66.6 Å². The molecule has 1 N–H and O–H groups in total. The summed E-state index contributed by atoms with van der Waals surface area (Å²) in [6.45, 7) is 2.71. The monoisotopic (exact) mass is 469 g/mol. The maximum Gasteiger partial charge on any atom is 0.328 e. The minimum Gasteiger partial charge on any atom is -1.00 e. The number of hydrogen-bond donors (Lipinski definition) is 1. The summed E-state index contributed by atoms with van der Waals surface area (Å²) in [4.78, 5) is 27.8. The standard InChI is InChI=1S/C27H35N3O2.ClH/c1-2-3-4-5-6-7-8-9-10-17-22-30-26(31)24(28-23-18-13-11-14-19-23)25(27(30)32)29-20-15-12-16-21-29;/h11-16,18-21H,2-10,17,22H2,1H3;1H. The van der Waals surface area contributed by atoms with Crippen LogP contribution in [0.1, 0.15) is 71.1 Å². The Hall–Kier alpha value is -2.66. The first-order valence-corrected chi connectivity index (χ1v) is 12.1. The molecule has 5 nitrogen and oxygen atoms in total. The molecule has 1 aliphatic heterocycles. The molecule has 0 fully saturated rings. The normalized spacial score (nSPS) is 13.4. The van der Waals surface area contributed by atoms with Gasteiger partial charge in [-0.05, 0) is 18.6 Å². The number of nitrogens with one attached hydrogen (secondary N) is 1. The summed E-state index contributed by atoms with van der Waals surface area (Å²) in [7, 11) is 0. The van der Waals surface area contributed by atoms with Crippen LogP contribution in [0.5, 0.6) is 0 Å². The number of hydrogen-bond acceptors (Lipinski definition) is 3. The largest absolute Gasteiger partial charge is 1.00 e. The average Bonchev–Trinajstić information content (AvgIpc) is 3.05. The van der Waals surface area contributed by atoms with E-state index in [2.05, 4.69) is 12.2 Å². The molecule has 2 aromatic rings. The summed E-state index contributed by atoms with van der Waals surface area (Å²) >= 11 is 0. The summed E-state index contributed by atoms with van der Waals surface area (Å²) in [6.07, 6.45) is 15.8. The second-order valence-corrected chi connectivity index (χ2v) is 8.44. The molecule has 3 rings (SSSR count). The van der Waals surface area contributed by atoms with E-state index in [1.807, 2.05) is 48.5 Å². The molecule has 0 unspecified atom stereocenters. The highest BCUT2D eigenvalue weighted by Crippen LogP contribution is 2.23. The molecule has 1 aliphatic rings. The van der Waals surface area contributed by atoms with E-state index in [0.717, 1.165) is 24.9 Å². The van der Waals surface area contributed by atoms with E-state index >= 15 is 0 Å². The van der Waals surface area contributed by atoms with Crippen LogP contribution in [0, 0.1) is 0 Å². The molecule has 0 spiro atoms. The molecule has 0 bridgehead atoms. The van der Waals surface area contributed by atoms with Crippen molar-refractivity contribution in [2.45, 2.75) is 71.1 Å². The zero-order chi connectivity index (χ0) is 22.6. The number of unbranched alkanes of at least 4 members (excludes halogenated alkanes) is 9. The second kappa shape index (κ2) is 14.5. The number of aromatic nitrogens is 1. The van der Waals surface area contributed by atoms with Crippen molar-refractivity contribution >= 4 is 23.2 Å². The summed E-state index contributed by atoms with van der Waals surface area (Å²) in [5.41, 5.74) is 1.51. The first-order valence-electron chi connectivity index (χ1n) is 12.1. The lowest BCUT2D eigenvalue weighted by Crippen LogP contribution is -3.00.